The van der Waals surface area contributed by atoms with E-state index in [0.29, 0.717) is 0 Å². The summed E-state index contributed by atoms with van der Waals surface area (Å²) < 4.78 is 0.853. The van der Waals surface area contributed by atoms with Gasteiger partial charge in [0.1, 0.15) is 13.1 Å². The number of rotatable bonds is 6. The van der Waals surface area contributed by atoms with E-state index >= 15 is 0 Å². The van der Waals surface area contributed by atoms with E-state index in [9.17, 15) is 14.4 Å². The minimum Gasteiger partial charge on any atom is -0.480 e. The number of nitrogens with two attached hydrogens (primary N) is 1. The van der Waals surface area contributed by atoms with Gasteiger partial charge in [-0.25, -0.2) is 0 Å². The van der Waals surface area contributed by atoms with E-state index in [0.717, 1.165) is 14.9 Å². The SMILES string of the molecule is NC(=O)CN(CC(=O)O)C(=O)/C=C/c1cccc(Br)c1. The zero-order chi connectivity index (χ0) is 15.1. The first kappa shape index (κ1) is 15.9. The molecular weight excluding hydrogens is 328 g/mol. The highest BCUT2D eigenvalue weighted by Crippen LogP contribution is 2.12. The number of halogens is 1. The first-order valence-electron chi connectivity index (χ1n) is 5.61. The van der Waals surface area contributed by atoms with Crippen LogP contribution in [0, 0.1) is 0 Å². The van der Waals surface area contributed by atoms with Crippen molar-refractivity contribution < 1.29 is 19.5 Å². The summed E-state index contributed by atoms with van der Waals surface area (Å²) >= 11 is 3.30. The molecule has 1 rings (SSSR count). The molecule has 106 valence electrons. The molecule has 0 aromatic heterocycles. The molecule has 2 amide bonds. The summed E-state index contributed by atoms with van der Waals surface area (Å²) in [6.45, 7) is -1.02. The highest BCUT2D eigenvalue weighted by Gasteiger charge is 2.16. The Labute approximate surface area is 124 Å². The van der Waals surface area contributed by atoms with Crippen LogP contribution in [0.2, 0.25) is 0 Å². The zero-order valence-corrected chi connectivity index (χ0v) is 12.0. The van der Waals surface area contributed by atoms with E-state index in [1.54, 1.807) is 18.2 Å². The Bertz CT molecular complexity index is 541. The first-order chi connectivity index (χ1) is 9.38. The molecule has 0 bridgehead atoms. The summed E-state index contributed by atoms with van der Waals surface area (Å²) in [4.78, 5) is 34.1. The van der Waals surface area contributed by atoms with Crippen molar-refractivity contribution in [3.8, 4) is 0 Å². The van der Waals surface area contributed by atoms with Crippen LogP contribution in [0.15, 0.2) is 34.8 Å². The number of aliphatic carboxylic acids is 1. The Kier molecular flexibility index (Phi) is 5.92. The lowest BCUT2D eigenvalue weighted by Gasteiger charge is -2.16. The van der Waals surface area contributed by atoms with E-state index < -0.39 is 30.9 Å². The molecule has 0 spiro atoms. The molecule has 0 fully saturated rings. The van der Waals surface area contributed by atoms with Crippen LogP contribution in [0.3, 0.4) is 0 Å². The highest BCUT2D eigenvalue weighted by molar-refractivity contribution is 9.10. The number of hydrogen-bond acceptors (Lipinski definition) is 3. The monoisotopic (exact) mass is 340 g/mol. The number of carboxylic acids is 1. The minimum absolute atomic E-state index is 0.437. The summed E-state index contributed by atoms with van der Waals surface area (Å²) in [5.41, 5.74) is 5.74. The van der Waals surface area contributed by atoms with Gasteiger partial charge in [-0.1, -0.05) is 28.1 Å². The van der Waals surface area contributed by atoms with E-state index in [1.807, 2.05) is 6.07 Å². The second-order valence-corrected chi connectivity index (χ2v) is 4.86. The molecule has 6 nitrogen and oxygen atoms in total. The molecule has 0 radical (unpaired) electrons. The Hall–Kier alpha value is -2.15. The van der Waals surface area contributed by atoms with Crippen molar-refractivity contribution in [3.63, 3.8) is 0 Å². The van der Waals surface area contributed by atoms with Gasteiger partial charge in [0, 0.05) is 10.5 Å². The molecule has 0 saturated carbocycles. The van der Waals surface area contributed by atoms with Crippen LogP contribution in [-0.2, 0) is 14.4 Å². The first-order valence-corrected chi connectivity index (χ1v) is 6.40. The van der Waals surface area contributed by atoms with E-state index in [-0.39, 0.29) is 0 Å². The normalized spacial score (nSPS) is 10.4. The van der Waals surface area contributed by atoms with Crippen molar-refractivity contribution in [1.29, 1.82) is 0 Å². The maximum absolute atomic E-state index is 11.8. The lowest BCUT2D eigenvalue weighted by molar-refractivity contribution is -0.143. The van der Waals surface area contributed by atoms with Gasteiger partial charge in [-0.3, -0.25) is 14.4 Å². The number of benzene rings is 1. The molecule has 0 unspecified atom stereocenters. The third-order valence-corrected chi connectivity index (χ3v) is 2.74. The molecule has 0 aliphatic rings. The maximum Gasteiger partial charge on any atom is 0.323 e. The minimum atomic E-state index is -1.21. The molecule has 0 aliphatic heterocycles. The molecule has 1 aromatic carbocycles. The third kappa shape index (κ3) is 5.66. The fraction of sp³-hybridized carbons (Fsp3) is 0.154. The average molecular weight is 341 g/mol. The van der Waals surface area contributed by atoms with Gasteiger partial charge in [-0.2, -0.15) is 0 Å². The fourth-order valence-corrected chi connectivity index (χ4v) is 1.86. The second kappa shape index (κ2) is 7.44. The predicted octanol–water partition coefficient (Wildman–Crippen LogP) is 0.861. The molecule has 20 heavy (non-hydrogen) atoms. The van der Waals surface area contributed by atoms with Crippen LogP contribution < -0.4 is 5.73 Å². The lowest BCUT2D eigenvalue weighted by atomic mass is 10.2. The van der Waals surface area contributed by atoms with Crippen LogP contribution in [0.1, 0.15) is 5.56 Å². The van der Waals surface area contributed by atoms with Crippen molar-refractivity contribution in [2.24, 2.45) is 5.73 Å². The third-order valence-electron chi connectivity index (χ3n) is 2.25. The molecule has 0 atom stereocenters. The Morgan fingerprint density at radius 3 is 2.55 bits per heavy atom. The molecular formula is C13H13BrN2O4. The second-order valence-electron chi connectivity index (χ2n) is 3.94. The van der Waals surface area contributed by atoms with Crippen molar-refractivity contribution in [3.05, 3.63) is 40.4 Å². The topological polar surface area (TPSA) is 101 Å². The lowest BCUT2D eigenvalue weighted by Crippen LogP contribution is -2.40. The zero-order valence-electron chi connectivity index (χ0n) is 10.5. The van der Waals surface area contributed by atoms with Crippen LogP contribution in [0.4, 0.5) is 0 Å². The number of amides is 2. The molecule has 7 heteroatoms. The number of carboxylic acid groups (broad SMARTS) is 1. The predicted molar refractivity (Wildman–Crippen MR) is 76.6 cm³/mol. The maximum atomic E-state index is 11.8. The van der Waals surface area contributed by atoms with Gasteiger partial charge in [0.15, 0.2) is 0 Å². The molecule has 1 aromatic rings. The summed E-state index contributed by atoms with van der Waals surface area (Å²) in [6.07, 6.45) is 2.73. The smallest absolute Gasteiger partial charge is 0.323 e. The largest absolute Gasteiger partial charge is 0.480 e. The Morgan fingerprint density at radius 2 is 2.00 bits per heavy atom. The van der Waals surface area contributed by atoms with Gasteiger partial charge >= 0.3 is 5.97 Å². The van der Waals surface area contributed by atoms with E-state index in [4.69, 9.17) is 10.8 Å². The van der Waals surface area contributed by atoms with Gasteiger partial charge in [0.25, 0.3) is 0 Å². The quantitative estimate of drug-likeness (QED) is 0.750. The standard InChI is InChI=1S/C13H13BrN2O4/c14-10-3-1-2-9(6-10)4-5-12(18)16(7-11(15)17)8-13(19)20/h1-6H,7-8H2,(H2,15,17)(H,19,20)/b5-4+. The van der Waals surface area contributed by atoms with Crippen LogP contribution >= 0.6 is 15.9 Å². The van der Waals surface area contributed by atoms with Gasteiger partial charge in [-0.15, -0.1) is 0 Å². The van der Waals surface area contributed by atoms with Crippen molar-refractivity contribution >= 4 is 39.8 Å². The van der Waals surface area contributed by atoms with Gasteiger partial charge in [0.05, 0.1) is 0 Å². The van der Waals surface area contributed by atoms with Crippen LogP contribution in [0.5, 0.6) is 0 Å². The van der Waals surface area contributed by atoms with E-state index in [1.165, 1.54) is 12.2 Å². The number of carbonyl (C=O) groups is 3. The Morgan fingerprint density at radius 1 is 1.30 bits per heavy atom. The van der Waals surface area contributed by atoms with Gasteiger partial charge < -0.3 is 15.7 Å². The number of nitrogens with zero attached hydrogens (tertiary/aromatic N) is 1. The summed E-state index contributed by atoms with van der Waals surface area (Å²) in [7, 11) is 0. The van der Waals surface area contributed by atoms with E-state index in [2.05, 4.69) is 15.9 Å². The van der Waals surface area contributed by atoms with Gasteiger partial charge in [0.2, 0.25) is 11.8 Å². The van der Waals surface area contributed by atoms with Crippen molar-refractivity contribution in [1.82, 2.24) is 4.90 Å². The van der Waals surface area contributed by atoms with Gasteiger partial charge in [-0.05, 0) is 23.8 Å². The van der Waals surface area contributed by atoms with Crippen LogP contribution in [0.25, 0.3) is 6.08 Å². The summed E-state index contributed by atoms with van der Waals surface area (Å²) in [6, 6.07) is 7.21. The van der Waals surface area contributed by atoms with Crippen LogP contribution in [-0.4, -0.2) is 40.9 Å². The average Bonchev–Trinajstić information content (AvgIpc) is 2.34. The summed E-state index contributed by atoms with van der Waals surface area (Å²) in [5, 5.41) is 8.69. The molecule has 0 aliphatic carbocycles. The van der Waals surface area contributed by atoms with Crippen molar-refractivity contribution in [2.45, 2.75) is 0 Å². The number of hydrogen-bond donors (Lipinski definition) is 2. The fourth-order valence-electron chi connectivity index (χ4n) is 1.45. The highest BCUT2D eigenvalue weighted by atomic mass is 79.9. The molecule has 3 N–H and O–H groups in total. The molecule has 0 heterocycles. The molecule has 0 saturated heterocycles. The number of primary amides is 1. The summed E-state index contributed by atoms with van der Waals surface area (Å²) in [5.74, 6) is -2.57. The number of carbonyl (C=O) groups excluding carboxylic acids is 2. The Balaban J connectivity index is 2.79. The van der Waals surface area contributed by atoms with Crippen molar-refractivity contribution in [2.75, 3.05) is 13.1 Å².